The van der Waals surface area contributed by atoms with E-state index in [9.17, 15) is 4.79 Å². The van der Waals surface area contributed by atoms with Gasteiger partial charge in [0.1, 0.15) is 5.41 Å². The van der Waals surface area contributed by atoms with Gasteiger partial charge in [0, 0.05) is 6.54 Å². The van der Waals surface area contributed by atoms with Gasteiger partial charge in [0.15, 0.2) is 5.84 Å². The van der Waals surface area contributed by atoms with Crippen molar-refractivity contribution in [2.24, 2.45) is 27.6 Å². The van der Waals surface area contributed by atoms with Gasteiger partial charge in [-0.15, -0.1) is 0 Å². The molecule has 0 spiro atoms. The van der Waals surface area contributed by atoms with Crippen LogP contribution in [0.3, 0.4) is 0 Å². The minimum atomic E-state index is -0.804. The maximum absolute atomic E-state index is 12.5. The van der Waals surface area contributed by atoms with E-state index >= 15 is 0 Å². The highest BCUT2D eigenvalue weighted by atomic mass is 16.4. The van der Waals surface area contributed by atoms with E-state index < -0.39 is 5.41 Å². The highest BCUT2D eigenvalue weighted by molar-refractivity contribution is 6.07. The van der Waals surface area contributed by atoms with Gasteiger partial charge in [0.25, 0.3) is 0 Å². The van der Waals surface area contributed by atoms with E-state index in [-0.39, 0.29) is 17.2 Å². The number of hydrogen-bond acceptors (Lipinski definition) is 3. The molecule has 0 bridgehead atoms. The van der Waals surface area contributed by atoms with Gasteiger partial charge in [-0.2, -0.15) is 0 Å². The number of nitrogens with zero attached hydrogens (tertiary/aromatic N) is 1. The van der Waals surface area contributed by atoms with Crippen molar-refractivity contribution in [1.82, 2.24) is 5.32 Å². The van der Waals surface area contributed by atoms with E-state index in [2.05, 4.69) is 38.2 Å². The normalized spacial score (nSPS) is 19.7. The number of carbonyl (C=O) groups is 1. The van der Waals surface area contributed by atoms with Crippen molar-refractivity contribution in [3.05, 3.63) is 0 Å². The molecule has 5 heteroatoms. The summed E-state index contributed by atoms with van der Waals surface area (Å²) in [5, 5.41) is 15.0. The van der Waals surface area contributed by atoms with Gasteiger partial charge in [-0.25, -0.2) is 0 Å². The Hall–Kier alpha value is -1.26. The first-order chi connectivity index (χ1) is 8.76. The summed E-state index contributed by atoms with van der Waals surface area (Å²) >= 11 is 0. The average Bonchev–Trinajstić information content (AvgIpc) is 2.85. The number of oxime groups is 1. The second-order valence-corrected chi connectivity index (χ2v) is 6.60. The molecule has 0 radical (unpaired) electrons. The molecule has 1 saturated carbocycles. The zero-order chi connectivity index (χ0) is 14.7. The molecule has 1 fully saturated rings. The van der Waals surface area contributed by atoms with Crippen molar-refractivity contribution in [3.63, 3.8) is 0 Å². The third-order valence-electron chi connectivity index (χ3n) is 4.76. The van der Waals surface area contributed by atoms with Crippen LogP contribution in [0.1, 0.15) is 53.4 Å². The van der Waals surface area contributed by atoms with E-state index in [1.807, 2.05) is 0 Å². The maximum Gasteiger partial charge on any atom is 0.233 e. The second kappa shape index (κ2) is 5.80. The predicted octanol–water partition coefficient (Wildman–Crippen LogP) is 2.09. The third kappa shape index (κ3) is 3.19. The van der Waals surface area contributed by atoms with Gasteiger partial charge in [0.05, 0.1) is 0 Å². The molecule has 4 N–H and O–H groups in total. The molecule has 110 valence electrons. The van der Waals surface area contributed by atoms with Crippen molar-refractivity contribution in [2.75, 3.05) is 6.54 Å². The number of amides is 1. The SMILES string of the molecule is CC(C)C(C)(C)CNC(=O)C1(C(N)=NO)CCCC1. The second-order valence-electron chi connectivity index (χ2n) is 6.60. The van der Waals surface area contributed by atoms with Crippen LogP contribution in [-0.4, -0.2) is 23.5 Å². The molecule has 19 heavy (non-hydrogen) atoms. The zero-order valence-corrected chi connectivity index (χ0v) is 12.5. The Morgan fingerprint density at radius 2 is 1.95 bits per heavy atom. The number of hydrogen-bond donors (Lipinski definition) is 3. The van der Waals surface area contributed by atoms with Gasteiger partial charge in [-0.05, 0) is 24.2 Å². The molecule has 5 nitrogen and oxygen atoms in total. The van der Waals surface area contributed by atoms with Gasteiger partial charge < -0.3 is 16.3 Å². The Bertz CT molecular complexity index is 356. The van der Waals surface area contributed by atoms with Crippen LogP contribution in [0.5, 0.6) is 0 Å². The lowest BCUT2D eigenvalue weighted by molar-refractivity contribution is -0.128. The number of carbonyl (C=O) groups excluding carboxylic acids is 1. The first-order valence-corrected chi connectivity index (χ1v) is 7.02. The van der Waals surface area contributed by atoms with Crippen LogP contribution in [0.15, 0.2) is 5.16 Å². The summed E-state index contributed by atoms with van der Waals surface area (Å²) in [7, 11) is 0. The molecule has 0 aromatic carbocycles. The number of amidine groups is 1. The van der Waals surface area contributed by atoms with E-state index in [1.165, 1.54) is 0 Å². The molecule has 0 unspecified atom stereocenters. The van der Waals surface area contributed by atoms with Crippen molar-refractivity contribution in [3.8, 4) is 0 Å². The quantitative estimate of drug-likeness (QED) is 0.309. The van der Waals surface area contributed by atoms with Gasteiger partial charge in [0.2, 0.25) is 5.91 Å². The topological polar surface area (TPSA) is 87.7 Å². The van der Waals surface area contributed by atoms with Crippen LogP contribution >= 0.6 is 0 Å². The Labute approximate surface area is 115 Å². The van der Waals surface area contributed by atoms with E-state index in [0.717, 1.165) is 12.8 Å². The van der Waals surface area contributed by atoms with Crippen molar-refractivity contribution in [1.29, 1.82) is 0 Å². The molecule has 1 amide bonds. The summed E-state index contributed by atoms with van der Waals surface area (Å²) in [6, 6.07) is 0. The van der Waals surface area contributed by atoms with Crippen molar-refractivity contribution < 1.29 is 10.0 Å². The molecular weight excluding hydrogens is 242 g/mol. The lowest BCUT2D eigenvalue weighted by Gasteiger charge is -2.32. The molecule has 0 aromatic heterocycles. The highest BCUT2D eigenvalue weighted by Gasteiger charge is 2.45. The fraction of sp³-hybridized carbons (Fsp3) is 0.857. The molecule has 0 atom stereocenters. The first kappa shape index (κ1) is 15.8. The van der Waals surface area contributed by atoms with E-state index in [0.29, 0.717) is 25.3 Å². The van der Waals surface area contributed by atoms with Crippen LogP contribution in [0.25, 0.3) is 0 Å². The summed E-state index contributed by atoms with van der Waals surface area (Å²) in [6.07, 6.45) is 3.21. The predicted molar refractivity (Wildman–Crippen MR) is 75.9 cm³/mol. The standard InChI is InChI=1S/C14H27N3O2/c1-10(2)13(3,4)9-16-12(18)14(11(15)17-19)7-5-6-8-14/h10,19H,5-9H2,1-4H3,(H2,15,17)(H,16,18). The van der Waals surface area contributed by atoms with Crippen LogP contribution < -0.4 is 11.1 Å². The van der Waals surface area contributed by atoms with Crippen molar-refractivity contribution in [2.45, 2.75) is 53.4 Å². The molecule has 0 saturated heterocycles. The summed E-state index contributed by atoms with van der Waals surface area (Å²) in [6.45, 7) is 9.14. The van der Waals surface area contributed by atoms with Crippen molar-refractivity contribution >= 4 is 11.7 Å². The summed E-state index contributed by atoms with van der Waals surface area (Å²) in [4.78, 5) is 12.5. The number of nitrogens with one attached hydrogen (secondary N) is 1. The zero-order valence-electron chi connectivity index (χ0n) is 12.5. The van der Waals surface area contributed by atoms with Gasteiger partial charge in [-0.3, -0.25) is 4.79 Å². The minimum absolute atomic E-state index is 0.0283. The maximum atomic E-state index is 12.5. The van der Waals surface area contributed by atoms with Crippen LogP contribution in [0, 0.1) is 16.7 Å². The summed E-state index contributed by atoms with van der Waals surface area (Å²) in [5.41, 5.74) is 4.98. The van der Waals surface area contributed by atoms with E-state index in [4.69, 9.17) is 10.9 Å². The van der Waals surface area contributed by atoms with Gasteiger partial charge >= 0.3 is 0 Å². The highest BCUT2D eigenvalue weighted by Crippen LogP contribution is 2.39. The van der Waals surface area contributed by atoms with E-state index in [1.54, 1.807) is 0 Å². The lowest BCUT2D eigenvalue weighted by Crippen LogP contribution is -2.50. The minimum Gasteiger partial charge on any atom is -0.409 e. The largest absolute Gasteiger partial charge is 0.409 e. The molecule has 1 rings (SSSR count). The molecule has 1 aliphatic carbocycles. The van der Waals surface area contributed by atoms with Crippen LogP contribution in [-0.2, 0) is 4.79 Å². The Morgan fingerprint density at radius 1 is 1.42 bits per heavy atom. The molecule has 1 aliphatic rings. The number of nitrogens with two attached hydrogens (primary N) is 1. The molecule has 0 heterocycles. The Kier molecular flexibility index (Phi) is 4.82. The third-order valence-corrected chi connectivity index (χ3v) is 4.76. The fourth-order valence-electron chi connectivity index (χ4n) is 2.36. The summed E-state index contributed by atoms with van der Waals surface area (Å²) < 4.78 is 0. The summed E-state index contributed by atoms with van der Waals surface area (Å²) in [5.74, 6) is 0.412. The molecule has 0 aliphatic heterocycles. The fourth-order valence-corrected chi connectivity index (χ4v) is 2.36. The number of rotatable bonds is 5. The Morgan fingerprint density at radius 3 is 2.37 bits per heavy atom. The van der Waals surface area contributed by atoms with Crippen LogP contribution in [0.2, 0.25) is 0 Å². The average molecular weight is 269 g/mol. The monoisotopic (exact) mass is 269 g/mol. The smallest absolute Gasteiger partial charge is 0.233 e. The van der Waals surface area contributed by atoms with Crippen LogP contribution in [0.4, 0.5) is 0 Å². The molecule has 0 aromatic rings. The lowest BCUT2D eigenvalue weighted by atomic mass is 9.79. The first-order valence-electron chi connectivity index (χ1n) is 7.02. The Balaban J connectivity index is 2.75. The molecular formula is C14H27N3O2. The van der Waals surface area contributed by atoms with Gasteiger partial charge in [-0.1, -0.05) is 45.7 Å².